The van der Waals surface area contributed by atoms with Crippen molar-refractivity contribution in [2.75, 3.05) is 18.9 Å². The number of amides is 1. The second-order valence-corrected chi connectivity index (χ2v) is 7.21. The maximum Gasteiger partial charge on any atom is 0.267 e. The number of carbonyl (C=O) groups is 1. The number of benzene rings is 1. The zero-order valence-electron chi connectivity index (χ0n) is 13.8. The van der Waals surface area contributed by atoms with Crippen LogP contribution >= 0.6 is 11.8 Å². The normalized spacial score (nSPS) is 14.9. The van der Waals surface area contributed by atoms with E-state index in [1.807, 2.05) is 6.07 Å². The van der Waals surface area contributed by atoms with E-state index in [-0.39, 0.29) is 11.1 Å². The first-order valence-electron chi connectivity index (χ1n) is 8.48. The van der Waals surface area contributed by atoms with Gasteiger partial charge < -0.3 is 10.1 Å². The fraction of sp³-hybridized carbons (Fsp3) is 0.389. The molecule has 1 aliphatic carbocycles. The van der Waals surface area contributed by atoms with Crippen LogP contribution in [0.4, 0.5) is 0 Å². The molecule has 2 heterocycles. The number of aromatic nitrogens is 2. The van der Waals surface area contributed by atoms with Gasteiger partial charge in [-0.1, -0.05) is 17.8 Å². The van der Waals surface area contributed by atoms with Gasteiger partial charge in [0.15, 0.2) is 5.16 Å². The van der Waals surface area contributed by atoms with Crippen molar-refractivity contribution >= 4 is 17.7 Å². The van der Waals surface area contributed by atoms with Crippen LogP contribution in [0.2, 0.25) is 0 Å². The predicted octanol–water partition coefficient (Wildman–Crippen LogP) is 1.65. The standard InChI is InChI=1S/C18H19N3O3S/c22-16(15-11-20-18-21(17(15)23)7-9-25-18)19-6-8-24-14-5-4-12-2-1-3-13(12)10-14/h4-5,10-11H,1-3,6-9H2,(H,19,22). The molecule has 0 saturated carbocycles. The molecule has 4 rings (SSSR count). The molecule has 0 saturated heterocycles. The van der Waals surface area contributed by atoms with Crippen molar-refractivity contribution in [1.82, 2.24) is 14.9 Å². The number of fused-ring (bicyclic) bond motifs is 2. The first kappa shape index (κ1) is 16.2. The lowest BCUT2D eigenvalue weighted by Crippen LogP contribution is -2.35. The van der Waals surface area contributed by atoms with Crippen LogP contribution in [0.1, 0.15) is 27.9 Å². The Kier molecular flexibility index (Phi) is 4.48. The van der Waals surface area contributed by atoms with Crippen LogP contribution in [0.3, 0.4) is 0 Å². The third kappa shape index (κ3) is 3.28. The minimum Gasteiger partial charge on any atom is -0.492 e. The van der Waals surface area contributed by atoms with E-state index in [1.54, 1.807) is 4.57 Å². The molecule has 25 heavy (non-hydrogen) atoms. The minimum atomic E-state index is -0.401. The van der Waals surface area contributed by atoms with Gasteiger partial charge in [-0.15, -0.1) is 0 Å². The summed E-state index contributed by atoms with van der Waals surface area (Å²) in [6.07, 6.45) is 4.83. The highest BCUT2D eigenvalue weighted by Gasteiger charge is 2.19. The Hall–Kier alpha value is -2.28. The van der Waals surface area contributed by atoms with Gasteiger partial charge in [-0.2, -0.15) is 0 Å². The van der Waals surface area contributed by atoms with Crippen molar-refractivity contribution in [2.24, 2.45) is 0 Å². The van der Waals surface area contributed by atoms with Gasteiger partial charge in [0.1, 0.15) is 17.9 Å². The number of carbonyl (C=O) groups excluding carboxylic acids is 1. The highest BCUT2D eigenvalue weighted by molar-refractivity contribution is 7.99. The zero-order valence-corrected chi connectivity index (χ0v) is 14.6. The topological polar surface area (TPSA) is 73.2 Å². The Bertz CT molecular complexity index is 878. The van der Waals surface area contributed by atoms with Gasteiger partial charge in [0.05, 0.1) is 6.54 Å². The molecule has 2 aliphatic rings. The molecule has 0 unspecified atom stereocenters. The average Bonchev–Trinajstić information content (AvgIpc) is 3.27. The van der Waals surface area contributed by atoms with Crippen LogP contribution < -0.4 is 15.6 Å². The second kappa shape index (κ2) is 6.92. The van der Waals surface area contributed by atoms with Crippen LogP contribution in [0.5, 0.6) is 5.75 Å². The molecule has 2 aromatic rings. The minimum absolute atomic E-state index is 0.0868. The SMILES string of the molecule is O=C(NCCOc1ccc2c(c1)CCC2)c1cnc2n(c1=O)CCS2. The van der Waals surface area contributed by atoms with E-state index in [2.05, 4.69) is 22.4 Å². The summed E-state index contributed by atoms with van der Waals surface area (Å²) in [4.78, 5) is 28.7. The predicted molar refractivity (Wildman–Crippen MR) is 95.5 cm³/mol. The molecule has 130 valence electrons. The summed E-state index contributed by atoms with van der Waals surface area (Å²) in [6, 6.07) is 6.17. The van der Waals surface area contributed by atoms with Gasteiger partial charge >= 0.3 is 0 Å². The van der Waals surface area contributed by atoms with Crippen LogP contribution in [-0.2, 0) is 19.4 Å². The Balaban J connectivity index is 1.32. The molecular formula is C18H19N3O3S. The molecule has 1 amide bonds. The quantitative estimate of drug-likeness (QED) is 0.651. The van der Waals surface area contributed by atoms with E-state index in [4.69, 9.17) is 4.74 Å². The number of rotatable bonds is 5. The number of hydrogen-bond acceptors (Lipinski definition) is 5. The lowest BCUT2D eigenvalue weighted by atomic mass is 10.1. The molecule has 1 aromatic heterocycles. The number of thioether (sulfide) groups is 1. The third-order valence-electron chi connectivity index (χ3n) is 4.53. The molecule has 0 spiro atoms. The van der Waals surface area contributed by atoms with Gasteiger partial charge in [0, 0.05) is 18.5 Å². The van der Waals surface area contributed by atoms with Crippen molar-refractivity contribution in [2.45, 2.75) is 31.0 Å². The van der Waals surface area contributed by atoms with Crippen LogP contribution in [0, 0.1) is 0 Å². The van der Waals surface area contributed by atoms with E-state index in [0.717, 1.165) is 24.3 Å². The zero-order chi connectivity index (χ0) is 17.2. The first-order chi connectivity index (χ1) is 12.2. The molecule has 6 nitrogen and oxygen atoms in total. The lowest BCUT2D eigenvalue weighted by Gasteiger charge is -2.09. The molecule has 0 atom stereocenters. The lowest BCUT2D eigenvalue weighted by molar-refractivity contribution is 0.0944. The second-order valence-electron chi connectivity index (χ2n) is 6.15. The molecule has 1 aromatic carbocycles. The number of nitrogens with zero attached hydrogens (tertiary/aromatic N) is 2. The Morgan fingerprint density at radius 1 is 1.32 bits per heavy atom. The van der Waals surface area contributed by atoms with Gasteiger partial charge in [0.25, 0.3) is 11.5 Å². The van der Waals surface area contributed by atoms with E-state index < -0.39 is 5.91 Å². The molecule has 0 fully saturated rings. The van der Waals surface area contributed by atoms with E-state index in [0.29, 0.717) is 24.9 Å². The van der Waals surface area contributed by atoms with Crippen LogP contribution in [0.25, 0.3) is 0 Å². The number of hydrogen-bond donors (Lipinski definition) is 1. The Labute approximate surface area is 149 Å². The first-order valence-corrected chi connectivity index (χ1v) is 9.46. The highest BCUT2D eigenvalue weighted by Crippen LogP contribution is 2.25. The largest absolute Gasteiger partial charge is 0.492 e. The number of nitrogens with one attached hydrogen (secondary N) is 1. The van der Waals surface area contributed by atoms with Crippen molar-refractivity contribution in [3.63, 3.8) is 0 Å². The summed E-state index contributed by atoms with van der Waals surface area (Å²) in [5.41, 5.74) is 2.58. The summed E-state index contributed by atoms with van der Waals surface area (Å²) >= 11 is 1.53. The van der Waals surface area contributed by atoms with Crippen molar-refractivity contribution in [3.8, 4) is 5.75 Å². The van der Waals surface area contributed by atoms with Gasteiger partial charge in [-0.3, -0.25) is 14.2 Å². The van der Waals surface area contributed by atoms with Crippen LogP contribution in [0.15, 0.2) is 34.3 Å². The molecule has 0 bridgehead atoms. The number of ether oxygens (including phenoxy) is 1. The van der Waals surface area contributed by atoms with Gasteiger partial charge in [-0.25, -0.2) is 4.98 Å². The maximum atomic E-state index is 12.3. The summed E-state index contributed by atoms with van der Waals surface area (Å²) in [6.45, 7) is 1.31. The van der Waals surface area contributed by atoms with E-state index >= 15 is 0 Å². The fourth-order valence-corrected chi connectivity index (χ4v) is 4.15. The van der Waals surface area contributed by atoms with Gasteiger partial charge in [-0.05, 0) is 42.5 Å². The molecular weight excluding hydrogens is 338 g/mol. The maximum absolute atomic E-state index is 12.3. The molecule has 1 N–H and O–H groups in total. The number of aryl methyl sites for hydroxylation is 2. The van der Waals surface area contributed by atoms with Gasteiger partial charge in [0.2, 0.25) is 0 Å². The Morgan fingerprint density at radius 2 is 2.20 bits per heavy atom. The Morgan fingerprint density at radius 3 is 3.12 bits per heavy atom. The van der Waals surface area contributed by atoms with E-state index in [9.17, 15) is 9.59 Å². The van der Waals surface area contributed by atoms with E-state index in [1.165, 1.54) is 35.5 Å². The summed E-state index contributed by atoms with van der Waals surface area (Å²) in [7, 11) is 0. The van der Waals surface area contributed by atoms with Crippen molar-refractivity contribution in [1.29, 1.82) is 0 Å². The summed E-state index contributed by atoms with van der Waals surface area (Å²) < 4.78 is 7.26. The highest BCUT2D eigenvalue weighted by atomic mass is 32.2. The summed E-state index contributed by atoms with van der Waals surface area (Å²) in [5.74, 6) is 1.25. The molecule has 1 aliphatic heterocycles. The third-order valence-corrected chi connectivity index (χ3v) is 5.50. The molecule has 0 radical (unpaired) electrons. The van der Waals surface area contributed by atoms with Crippen molar-refractivity contribution in [3.05, 3.63) is 51.4 Å². The van der Waals surface area contributed by atoms with Crippen LogP contribution in [-0.4, -0.2) is 34.4 Å². The monoisotopic (exact) mass is 357 g/mol. The smallest absolute Gasteiger partial charge is 0.267 e. The fourth-order valence-electron chi connectivity index (χ4n) is 3.24. The molecule has 7 heteroatoms. The van der Waals surface area contributed by atoms with Crippen molar-refractivity contribution < 1.29 is 9.53 Å². The summed E-state index contributed by atoms with van der Waals surface area (Å²) in [5, 5.41) is 3.41. The average molecular weight is 357 g/mol.